The Morgan fingerprint density at radius 1 is 1.20 bits per heavy atom. The number of nitrogens with one attached hydrogen (secondary N) is 1. The first-order chi connectivity index (χ1) is 12.2. The molecule has 0 aliphatic rings. The topological polar surface area (TPSA) is 43.4 Å². The zero-order chi connectivity index (χ0) is 17.6. The van der Waals surface area contributed by atoms with Crippen LogP contribution in [0.15, 0.2) is 48.0 Å². The van der Waals surface area contributed by atoms with Gasteiger partial charge in [0.1, 0.15) is 12.4 Å². The molecule has 7 heteroatoms. The van der Waals surface area contributed by atoms with E-state index in [9.17, 15) is 4.39 Å². The van der Waals surface area contributed by atoms with E-state index in [2.05, 4.69) is 10.3 Å². The predicted molar refractivity (Wildman–Crippen MR) is 98.2 cm³/mol. The van der Waals surface area contributed by atoms with Crippen LogP contribution in [0.2, 0.25) is 5.02 Å². The predicted octanol–water partition coefficient (Wildman–Crippen LogP) is 5.14. The number of halogens is 2. The first-order valence-corrected chi connectivity index (χ1v) is 8.79. The normalized spacial score (nSPS) is 10.5. The van der Waals surface area contributed by atoms with Gasteiger partial charge in [0.15, 0.2) is 16.6 Å². The second-order valence-electron chi connectivity index (χ2n) is 5.17. The molecule has 0 saturated heterocycles. The number of methoxy groups -OCH3 is 1. The molecule has 130 valence electrons. The Morgan fingerprint density at radius 2 is 2.04 bits per heavy atom. The molecule has 0 unspecified atom stereocenters. The van der Waals surface area contributed by atoms with Crippen LogP contribution >= 0.6 is 22.9 Å². The molecule has 2 aromatic carbocycles. The second kappa shape index (κ2) is 8.18. The largest absolute Gasteiger partial charge is 0.493 e. The number of ether oxygens (including phenoxy) is 2. The average Bonchev–Trinajstić information content (AvgIpc) is 3.13. The molecule has 0 radical (unpaired) electrons. The fourth-order valence-corrected chi connectivity index (χ4v) is 2.99. The summed E-state index contributed by atoms with van der Waals surface area (Å²) in [6.45, 7) is 0.604. The fraction of sp³-hybridized carbons (Fsp3) is 0.167. The van der Waals surface area contributed by atoms with Crippen LogP contribution < -0.4 is 14.8 Å². The maximum absolute atomic E-state index is 13.7. The number of aromatic nitrogens is 1. The highest BCUT2D eigenvalue weighted by molar-refractivity contribution is 7.13. The van der Waals surface area contributed by atoms with Gasteiger partial charge in [-0.25, -0.2) is 9.37 Å². The molecule has 0 amide bonds. The van der Waals surface area contributed by atoms with Gasteiger partial charge < -0.3 is 14.8 Å². The lowest BCUT2D eigenvalue weighted by Gasteiger charge is -2.14. The molecular weight excluding hydrogens is 363 g/mol. The summed E-state index contributed by atoms with van der Waals surface area (Å²) in [5.74, 6) is 0.697. The third kappa shape index (κ3) is 4.41. The van der Waals surface area contributed by atoms with Crippen molar-refractivity contribution in [2.75, 3.05) is 12.4 Å². The van der Waals surface area contributed by atoms with Crippen LogP contribution in [0.5, 0.6) is 11.5 Å². The van der Waals surface area contributed by atoms with Crippen molar-refractivity contribution in [3.8, 4) is 11.5 Å². The summed E-state index contributed by atoms with van der Waals surface area (Å²) in [6.07, 6.45) is 1.73. The zero-order valence-corrected chi connectivity index (χ0v) is 15.0. The summed E-state index contributed by atoms with van der Waals surface area (Å²) in [4.78, 5) is 4.17. The summed E-state index contributed by atoms with van der Waals surface area (Å²) in [5, 5.41) is 6.44. The van der Waals surface area contributed by atoms with Gasteiger partial charge >= 0.3 is 0 Å². The van der Waals surface area contributed by atoms with Gasteiger partial charge in [-0.2, -0.15) is 0 Å². The van der Waals surface area contributed by atoms with Gasteiger partial charge in [0.25, 0.3) is 0 Å². The number of anilines is 1. The molecule has 0 bridgehead atoms. The third-order valence-electron chi connectivity index (χ3n) is 3.54. The Labute approximate surface area is 154 Å². The molecule has 0 fully saturated rings. The lowest BCUT2D eigenvalue weighted by Crippen LogP contribution is -2.03. The molecule has 0 atom stereocenters. The van der Waals surface area contributed by atoms with Crippen molar-refractivity contribution in [2.45, 2.75) is 13.2 Å². The molecule has 0 saturated carbocycles. The van der Waals surface area contributed by atoms with Crippen LogP contribution in [-0.4, -0.2) is 12.1 Å². The standard InChI is InChI=1S/C18H16ClFN2O2S/c1-23-16-8-13(10-22-18-21-6-7-25-18)14(19)9-17(16)24-11-12-4-2-3-5-15(12)20/h2-9H,10-11H2,1H3,(H,21,22). The third-order valence-corrected chi connectivity index (χ3v) is 4.62. The molecule has 25 heavy (non-hydrogen) atoms. The van der Waals surface area contributed by atoms with Crippen molar-refractivity contribution in [3.05, 3.63) is 69.9 Å². The smallest absolute Gasteiger partial charge is 0.182 e. The van der Waals surface area contributed by atoms with Crippen molar-refractivity contribution in [1.29, 1.82) is 0 Å². The Kier molecular flexibility index (Phi) is 5.73. The van der Waals surface area contributed by atoms with Crippen LogP contribution in [0.4, 0.5) is 9.52 Å². The highest BCUT2D eigenvalue weighted by atomic mass is 35.5. The lowest BCUT2D eigenvalue weighted by atomic mass is 10.2. The minimum Gasteiger partial charge on any atom is -0.493 e. The van der Waals surface area contributed by atoms with E-state index < -0.39 is 0 Å². The molecule has 0 aliphatic carbocycles. The number of benzene rings is 2. The maximum atomic E-state index is 13.7. The van der Waals surface area contributed by atoms with E-state index >= 15 is 0 Å². The van der Waals surface area contributed by atoms with Gasteiger partial charge in [0, 0.05) is 34.8 Å². The lowest BCUT2D eigenvalue weighted by molar-refractivity contribution is 0.279. The minimum absolute atomic E-state index is 0.0933. The monoisotopic (exact) mass is 378 g/mol. The quantitative estimate of drug-likeness (QED) is 0.618. The zero-order valence-electron chi connectivity index (χ0n) is 13.5. The summed E-state index contributed by atoms with van der Waals surface area (Å²) >= 11 is 7.86. The van der Waals surface area contributed by atoms with E-state index in [0.29, 0.717) is 28.6 Å². The van der Waals surface area contributed by atoms with Crippen LogP contribution in [-0.2, 0) is 13.2 Å². The highest BCUT2D eigenvalue weighted by Gasteiger charge is 2.12. The van der Waals surface area contributed by atoms with Gasteiger partial charge in [0.2, 0.25) is 0 Å². The average molecular weight is 379 g/mol. The number of rotatable bonds is 7. The van der Waals surface area contributed by atoms with Gasteiger partial charge in [-0.1, -0.05) is 29.8 Å². The maximum Gasteiger partial charge on any atom is 0.182 e. The molecule has 1 N–H and O–H groups in total. The van der Waals surface area contributed by atoms with E-state index in [1.807, 2.05) is 5.38 Å². The molecule has 0 spiro atoms. The van der Waals surface area contributed by atoms with Crippen molar-refractivity contribution in [1.82, 2.24) is 4.98 Å². The summed E-state index contributed by atoms with van der Waals surface area (Å²) in [5.41, 5.74) is 1.32. The van der Waals surface area contributed by atoms with Crippen molar-refractivity contribution < 1.29 is 13.9 Å². The first kappa shape index (κ1) is 17.5. The van der Waals surface area contributed by atoms with Crippen LogP contribution in [0.3, 0.4) is 0 Å². The highest BCUT2D eigenvalue weighted by Crippen LogP contribution is 2.34. The number of hydrogen-bond acceptors (Lipinski definition) is 5. The Morgan fingerprint density at radius 3 is 2.76 bits per heavy atom. The van der Waals surface area contributed by atoms with Crippen molar-refractivity contribution >= 4 is 28.1 Å². The summed E-state index contributed by atoms with van der Waals surface area (Å²) in [7, 11) is 1.55. The van der Waals surface area contributed by atoms with E-state index in [4.69, 9.17) is 21.1 Å². The van der Waals surface area contributed by atoms with E-state index in [-0.39, 0.29) is 12.4 Å². The second-order valence-corrected chi connectivity index (χ2v) is 6.47. The van der Waals surface area contributed by atoms with Gasteiger partial charge in [-0.05, 0) is 17.7 Å². The van der Waals surface area contributed by atoms with Crippen molar-refractivity contribution in [3.63, 3.8) is 0 Å². The molecule has 1 heterocycles. The van der Waals surface area contributed by atoms with Crippen LogP contribution in [0.25, 0.3) is 0 Å². The Hall–Kier alpha value is -2.31. The SMILES string of the molecule is COc1cc(CNc2nccs2)c(Cl)cc1OCc1ccccc1F. The van der Waals surface area contributed by atoms with E-state index in [1.54, 1.807) is 43.6 Å². The van der Waals surface area contributed by atoms with Crippen molar-refractivity contribution in [2.24, 2.45) is 0 Å². The molecule has 3 rings (SSSR count). The summed E-state index contributed by atoms with van der Waals surface area (Å²) in [6, 6.07) is 9.96. The van der Waals surface area contributed by atoms with Gasteiger partial charge in [-0.15, -0.1) is 11.3 Å². The minimum atomic E-state index is -0.308. The van der Waals surface area contributed by atoms with E-state index in [1.165, 1.54) is 17.4 Å². The van der Waals surface area contributed by atoms with Gasteiger partial charge in [-0.3, -0.25) is 0 Å². The summed E-state index contributed by atoms with van der Waals surface area (Å²) < 4.78 is 24.8. The van der Waals surface area contributed by atoms with Crippen LogP contribution in [0.1, 0.15) is 11.1 Å². The molecule has 0 aliphatic heterocycles. The van der Waals surface area contributed by atoms with E-state index in [0.717, 1.165) is 10.7 Å². The molecular formula is C18H16ClFN2O2S. The Balaban J connectivity index is 1.73. The number of hydrogen-bond donors (Lipinski definition) is 1. The van der Waals surface area contributed by atoms with Crippen LogP contribution in [0, 0.1) is 5.82 Å². The number of thiazole rings is 1. The fourth-order valence-electron chi connectivity index (χ4n) is 2.24. The number of nitrogens with zero attached hydrogens (tertiary/aromatic N) is 1. The Bertz CT molecular complexity index is 843. The van der Waals surface area contributed by atoms with Gasteiger partial charge in [0.05, 0.1) is 7.11 Å². The molecule has 1 aromatic heterocycles. The molecule has 3 aromatic rings. The first-order valence-electron chi connectivity index (χ1n) is 7.53. The molecule has 4 nitrogen and oxygen atoms in total.